The number of amides is 1. The molecule has 0 radical (unpaired) electrons. The lowest BCUT2D eigenvalue weighted by molar-refractivity contribution is -0.885. The third kappa shape index (κ3) is 4.04. The molecule has 136 valence electrons. The predicted molar refractivity (Wildman–Crippen MR) is 96.3 cm³/mol. The number of hydrogen-bond acceptors (Lipinski definition) is 5. The van der Waals surface area contributed by atoms with Gasteiger partial charge in [0.05, 0.1) is 23.3 Å². The van der Waals surface area contributed by atoms with E-state index >= 15 is 0 Å². The van der Waals surface area contributed by atoms with Crippen LogP contribution in [0, 0.1) is 0 Å². The van der Waals surface area contributed by atoms with Gasteiger partial charge in [-0.25, -0.2) is 9.97 Å². The van der Waals surface area contributed by atoms with Gasteiger partial charge in [-0.15, -0.1) is 0 Å². The normalized spacial score (nSPS) is 12.3. The molecule has 2 aromatic heterocycles. The van der Waals surface area contributed by atoms with Crippen LogP contribution in [0.3, 0.4) is 0 Å². The Bertz CT molecular complexity index is 975. The van der Waals surface area contributed by atoms with Crippen molar-refractivity contribution in [2.75, 3.05) is 18.9 Å². The maximum Gasteiger partial charge on any atom is 0.279 e. The van der Waals surface area contributed by atoms with Gasteiger partial charge in [-0.3, -0.25) is 9.48 Å². The average Bonchev–Trinajstić information content (AvgIpc) is 2.92. The number of likely N-dealkylation sites (N-methyl/N-ethyl adjacent to an activating group) is 1. The number of nitrogens with one attached hydrogen (secondary N) is 2. The van der Waals surface area contributed by atoms with Crippen LogP contribution in [0.15, 0.2) is 24.4 Å². The van der Waals surface area contributed by atoms with Gasteiger partial charge in [-0.2, -0.15) is 5.10 Å². The topological polar surface area (TPSA) is 100 Å². The molecule has 0 aliphatic heterocycles. The van der Waals surface area contributed by atoms with Crippen LogP contribution < -0.4 is 15.3 Å². The van der Waals surface area contributed by atoms with Crippen molar-refractivity contribution >= 4 is 45.8 Å². The smallest absolute Gasteiger partial charge is 0.279 e. The van der Waals surface area contributed by atoms with E-state index in [9.17, 15) is 9.90 Å². The number of benzene rings is 1. The average molecular weight is 395 g/mol. The number of quaternary nitrogens is 1. The fourth-order valence-corrected chi connectivity index (χ4v) is 2.80. The zero-order valence-corrected chi connectivity index (χ0v) is 15.6. The van der Waals surface area contributed by atoms with E-state index in [0.717, 1.165) is 4.90 Å². The van der Waals surface area contributed by atoms with E-state index in [0.29, 0.717) is 39.1 Å². The number of halogens is 2. The van der Waals surface area contributed by atoms with E-state index in [-0.39, 0.29) is 18.3 Å². The van der Waals surface area contributed by atoms with E-state index in [1.54, 1.807) is 25.2 Å². The highest BCUT2D eigenvalue weighted by Gasteiger charge is 2.14. The molecule has 1 atom stereocenters. The first-order valence-electron chi connectivity index (χ1n) is 7.75. The van der Waals surface area contributed by atoms with E-state index in [2.05, 4.69) is 20.4 Å². The number of aromatic nitrogens is 4. The SMILES string of the molecule is Cn1ncc2c([O-])nc(C[NH+](C)CC(=O)Nc3ccc(Cl)c(Cl)c3)nc21. The molecule has 3 rings (SSSR count). The Kier molecular flexibility index (Phi) is 5.26. The maximum atomic E-state index is 12.2. The Morgan fingerprint density at radius 1 is 1.31 bits per heavy atom. The molecule has 26 heavy (non-hydrogen) atoms. The van der Waals surface area contributed by atoms with Crippen LogP contribution in [-0.4, -0.2) is 39.2 Å². The van der Waals surface area contributed by atoms with Crippen molar-refractivity contribution in [1.29, 1.82) is 0 Å². The summed E-state index contributed by atoms with van der Waals surface area (Å²) >= 11 is 11.8. The van der Waals surface area contributed by atoms with Crippen LogP contribution in [-0.2, 0) is 18.4 Å². The standard InChI is InChI=1S/C16H16Cl2N6O2/c1-23(8-14(25)20-9-3-4-11(17)12(18)5-9)7-13-21-15-10(16(26)22-13)6-19-24(15)2/h3-6H,7-8H2,1-2H3,(H,20,25)(H,21,22,26). The molecule has 1 aromatic carbocycles. The number of carbonyl (C=O) groups excluding carboxylic acids is 1. The third-order valence-corrected chi connectivity index (χ3v) is 4.47. The summed E-state index contributed by atoms with van der Waals surface area (Å²) in [4.78, 5) is 21.3. The molecule has 0 spiro atoms. The predicted octanol–water partition coefficient (Wildman–Crippen LogP) is 0.397. The van der Waals surface area contributed by atoms with Crippen LogP contribution >= 0.6 is 23.2 Å². The fourth-order valence-electron chi connectivity index (χ4n) is 2.50. The van der Waals surface area contributed by atoms with Crippen molar-refractivity contribution in [3.8, 4) is 5.88 Å². The quantitative estimate of drug-likeness (QED) is 0.652. The lowest BCUT2D eigenvalue weighted by atomic mass is 10.3. The molecule has 0 fully saturated rings. The van der Waals surface area contributed by atoms with Crippen molar-refractivity contribution < 1.29 is 14.8 Å². The number of anilines is 1. The zero-order valence-electron chi connectivity index (χ0n) is 14.1. The molecule has 0 bridgehead atoms. The lowest BCUT2D eigenvalue weighted by Gasteiger charge is -2.15. The highest BCUT2D eigenvalue weighted by molar-refractivity contribution is 6.42. The molecule has 2 heterocycles. The van der Waals surface area contributed by atoms with Gasteiger partial charge in [0.2, 0.25) is 0 Å². The minimum Gasteiger partial charge on any atom is -0.858 e. The summed E-state index contributed by atoms with van der Waals surface area (Å²) in [5.74, 6) is -0.207. The van der Waals surface area contributed by atoms with Gasteiger partial charge in [0.15, 0.2) is 18.0 Å². The van der Waals surface area contributed by atoms with Crippen molar-refractivity contribution in [3.05, 3.63) is 40.3 Å². The van der Waals surface area contributed by atoms with E-state index in [1.807, 2.05) is 7.05 Å². The number of nitrogens with zero attached hydrogens (tertiary/aromatic N) is 4. The maximum absolute atomic E-state index is 12.2. The first-order chi connectivity index (χ1) is 12.3. The minimum absolute atomic E-state index is 0.168. The number of fused-ring (bicyclic) bond motifs is 1. The summed E-state index contributed by atoms with van der Waals surface area (Å²) in [6.07, 6.45) is 1.45. The zero-order chi connectivity index (χ0) is 18.8. The van der Waals surface area contributed by atoms with Crippen LogP contribution in [0.5, 0.6) is 5.88 Å². The largest absolute Gasteiger partial charge is 0.858 e. The Balaban J connectivity index is 1.64. The molecular formula is C16H16Cl2N6O2. The number of hydrogen-bond donors (Lipinski definition) is 2. The second-order valence-electron chi connectivity index (χ2n) is 5.94. The fraction of sp³-hybridized carbons (Fsp3) is 0.250. The van der Waals surface area contributed by atoms with Crippen molar-refractivity contribution in [2.45, 2.75) is 6.54 Å². The van der Waals surface area contributed by atoms with E-state index in [1.165, 1.54) is 10.9 Å². The molecular weight excluding hydrogens is 379 g/mol. The summed E-state index contributed by atoms with van der Waals surface area (Å²) < 4.78 is 1.52. The Hall–Kier alpha value is -2.42. The second-order valence-corrected chi connectivity index (χ2v) is 6.75. The van der Waals surface area contributed by atoms with Crippen LogP contribution in [0.4, 0.5) is 5.69 Å². The molecule has 8 nitrogen and oxygen atoms in total. The Labute approximate surface area is 159 Å². The summed E-state index contributed by atoms with van der Waals surface area (Å²) in [6, 6.07) is 4.87. The molecule has 2 N–H and O–H groups in total. The molecule has 1 unspecified atom stereocenters. The summed E-state index contributed by atoms with van der Waals surface area (Å²) in [6.45, 7) is 0.492. The first kappa shape index (κ1) is 18.4. The summed E-state index contributed by atoms with van der Waals surface area (Å²) in [5.41, 5.74) is 1.04. The molecule has 3 aromatic rings. The molecule has 0 aliphatic carbocycles. The van der Waals surface area contributed by atoms with Crippen LogP contribution in [0.1, 0.15) is 5.82 Å². The summed E-state index contributed by atoms with van der Waals surface area (Å²) in [5, 5.41) is 19.9. The highest BCUT2D eigenvalue weighted by Crippen LogP contribution is 2.24. The number of aryl methyl sites for hydroxylation is 1. The lowest BCUT2D eigenvalue weighted by Crippen LogP contribution is -3.08. The molecule has 0 saturated carbocycles. The number of rotatable bonds is 5. The van der Waals surface area contributed by atoms with Gasteiger partial charge < -0.3 is 15.3 Å². The molecule has 10 heteroatoms. The monoisotopic (exact) mass is 394 g/mol. The highest BCUT2D eigenvalue weighted by atomic mass is 35.5. The first-order valence-corrected chi connectivity index (χ1v) is 8.51. The van der Waals surface area contributed by atoms with Crippen LogP contribution in [0.25, 0.3) is 11.0 Å². The minimum atomic E-state index is -0.369. The van der Waals surface area contributed by atoms with E-state index in [4.69, 9.17) is 23.2 Å². The molecule has 0 aliphatic rings. The van der Waals surface area contributed by atoms with Gasteiger partial charge >= 0.3 is 0 Å². The Morgan fingerprint density at radius 2 is 2.08 bits per heavy atom. The van der Waals surface area contributed by atoms with Gasteiger partial charge in [0.25, 0.3) is 5.91 Å². The van der Waals surface area contributed by atoms with Gasteiger partial charge in [0.1, 0.15) is 6.54 Å². The summed E-state index contributed by atoms with van der Waals surface area (Å²) in [7, 11) is 3.52. The van der Waals surface area contributed by atoms with Crippen molar-refractivity contribution in [1.82, 2.24) is 19.7 Å². The van der Waals surface area contributed by atoms with Gasteiger partial charge in [-0.05, 0) is 18.2 Å². The second kappa shape index (κ2) is 7.45. The van der Waals surface area contributed by atoms with Gasteiger partial charge in [-0.1, -0.05) is 23.2 Å². The molecule has 1 amide bonds. The van der Waals surface area contributed by atoms with Crippen molar-refractivity contribution in [2.24, 2.45) is 7.05 Å². The van der Waals surface area contributed by atoms with E-state index < -0.39 is 0 Å². The molecule has 0 saturated heterocycles. The van der Waals surface area contributed by atoms with Gasteiger partial charge in [0, 0.05) is 24.0 Å². The number of carbonyl (C=O) groups is 1. The van der Waals surface area contributed by atoms with Crippen molar-refractivity contribution in [3.63, 3.8) is 0 Å². The van der Waals surface area contributed by atoms with Crippen LogP contribution in [0.2, 0.25) is 10.0 Å². The Morgan fingerprint density at radius 3 is 2.81 bits per heavy atom. The third-order valence-electron chi connectivity index (χ3n) is 3.73.